The Morgan fingerprint density at radius 2 is 1.94 bits per heavy atom. The first-order valence-corrected chi connectivity index (χ1v) is 11.8. The quantitative estimate of drug-likeness (QED) is 0.288. The van der Waals surface area contributed by atoms with Gasteiger partial charge in [0.05, 0.1) is 26.0 Å². The second kappa shape index (κ2) is 13.8. The van der Waals surface area contributed by atoms with Crippen LogP contribution in [0, 0.1) is 6.92 Å². The maximum absolute atomic E-state index is 5.46. The van der Waals surface area contributed by atoms with Crippen molar-refractivity contribution in [1.82, 2.24) is 20.5 Å². The third-order valence-corrected chi connectivity index (χ3v) is 6.07. The van der Waals surface area contributed by atoms with Gasteiger partial charge in [-0.15, -0.1) is 24.0 Å². The highest BCUT2D eigenvalue weighted by Gasteiger charge is 2.21. The summed E-state index contributed by atoms with van der Waals surface area (Å²) in [6, 6.07) is 10.6. The number of pyridine rings is 1. The molecule has 0 atom stereocenters. The molecule has 9 heteroatoms. The Labute approximate surface area is 214 Å². The van der Waals surface area contributed by atoms with Crippen LogP contribution >= 0.6 is 24.0 Å². The maximum atomic E-state index is 5.46. The number of halogens is 1. The van der Waals surface area contributed by atoms with E-state index in [2.05, 4.69) is 37.6 Å². The van der Waals surface area contributed by atoms with Crippen LogP contribution in [0.25, 0.3) is 0 Å². The number of morpholine rings is 1. The summed E-state index contributed by atoms with van der Waals surface area (Å²) in [7, 11) is 0. The summed E-state index contributed by atoms with van der Waals surface area (Å²) in [5.41, 5.74) is 1.07. The van der Waals surface area contributed by atoms with Crippen molar-refractivity contribution in [3.8, 4) is 0 Å². The van der Waals surface area contributed by atoms with Gasteiger partial charge in [0.25, 0.3) is 0 Å². The SMILES string of the molecule is Cc1cccc(N2CCC(NC(=NCCN3CCOCC3)NCCc3ccco3)CC2)n1.I. The lowest BCUT2D eigenvalue weighted by atomic mass is 10.1. The number of furan rings is 1. The molecule has 0 bridgehead atoms. The van der Waals surface area contributed by atoms with Crippen LogP contribution < -0.4 is 15.5 Å². The summed E-state index contributed by atoms with van der Waals surface area (Å²) in [6.45, 7) is 10.2. The summed E-state index contributed by atoms with van der Waals surface area (Å²) in [5.74, 6) is 2.97. The molecule has 0 aliphatic carbocycles. The molecule has 4 heterocycles. The predicted molar refractivity (Wildman–Crippen MR) is 143 cm³/mol. The van der Waals surface area contributed by atoms with Gasteiger partial charge in [-0.3, -0.25) is 9.89 Å². The summed E-state index contributed by atoms with van der Waals surface area (Å²) >= 11 is 0. The van der Waals surface area contributed by atoms with Crippen molar-refractivity contribution < 1.29 is 9.15 Å². The Morgan fingerprint density at radius 3 is 2.67 bits per heavy atom. The molecule has 2 aliphatic heterocycles. The number of nitrogens with one attached hydrogen (secondary N) is 2. The molecular formula is C24H37IN6O2. The smallest absolute Gasteiger partial charge is 0.191 e. The number of anilines is 1. The zero-order valence-corrected chi connectivity index (χ0v) is 21.9. The number of aryl methyl sites for hydroxylation is 1. The van der Waals surface area contributed by atoms with E-state index in [1.54, 1.807) is 6.26 Å². The van der Waals surface area contributed by atoms with Gasteiger partial charge in [-0.2, -0.15) is 0 Å². The molecule has 33 heavy (non-hydrogen) atoms. The fourth-order valence-corrected chi connectivity index (χ4v) is 4.19. The minimum atomic E-state index is 0. The lowest BCUT2D eigenvalue weighted by Gasteiger charge is -2.34. The number of rotatable bonds is 8. The molecule has 0 unspecified atom stereocenters. The Kier molecular flexibility index (Phi) is 10.7. The van der Waals surface area contributed by atoms with Crippen LogP contribution in [0.1, 0.15) is 24.3 Å². The van der Waals surface area contributed by atoms with Gasteiger partial charge in [0.1, 0.15) is 11.6 Å². The lowest BCUT2D eigenvalue weighted by Crippen LogP contribution is -2.49. The van der Waals surface area contributed by atoms with Gasteiger partial charge >= 0.3 is 0 Å². The maximum Gasteiger partial charge on any atom is 0.191 e. The fraction of sp³-hybridized carbons (Fsp3) is 0.583. The van der Waals surface area contributed by atoms with Crippen LogP contribution in [0.2, 0.25) is 0 Å². The third kappa shape index (κ3) is 8.46. The van der Waals surface area contributed by atoms with Crippen LogP contribution in [0.4, 0.5) is 5.82 Å². The molecule has 2 aromatic rings. The van der Waals surface area contributed by atoms with E-state index < -0.39 is 0 Å². The largest absolute Gasteiger partial charge is 0.469 e. The van der Waals surface area contributed by atoms with Crippen molar-refractivity contribution >= 4 is 35.8 Å². The van der Waals surface area contributed by atoms with Crippen LogP contribution in [0.5, 0.6) is 0 Å². The highest BCUT2D eigenvalue weighted by molar-refractivity contribution is 14.0. The van der Waals surface area contributed by atoms with Crippen molar-refractivity contribution in [3.05, 3.63) is 48.0 Å². The van der Waals surface area contributed by atoms with Crippen molar-refractivity contribution in [2.24, 2.45) is 4.99 Å². The molecule has 182 valence electrons. The van der Waals surface area contributed by atoms with Crippen LogP contribution in [-0.2, 0) is 11.2 Å². The van der Waals surface area contributed by atoms with E-state index in [0.717, 1.165) is 102 Å². The van der Waals surface area contributed by atoms with Gasteiger partial charge in [-0.05, 0) is 44.0 Å². The van der Waals surface area contributed by atoms with Crippen LogP contribution in [0.15, 0.2) is 46.0 Å². The summed E-state index contributed by atoms with van der Waals surface area (Å²) in [5, 5.41) is 7.18. The average molecular weight is 569 g/mol. The van der Waals surface area contributed by atoms with E-state index in [-0.39, 0.29) is 24.0 Å². The van der Waals surface area contributed by atoms with E-state index in [4.69, 9.17) is 14.1 Å². The Balaban J connectivity index is 0.00000306. The van der Waals surface area contributed by atoms with Gasteiger partial charge in [-0.1, -0.05) is 6.07 Å². The van der Waals surface area contributed by atoms with Gasteiger partial charge in [0.15, 0.2) is 5.96 Å². The van der Waals surface area contributed by atoms with E-state index >= 15 is 0 Å². The normalized spacial score (nSPS) is 18.1. The van der Waals surface area contributed by atoms with Gasteiger partial charge in [0.2, 0.25) is 0 Å². The molecule has 8 nitrogen and oxygen atoms in total. The predicted octanol–water partition coefficient (Wildman–Crippen LogP) is 2.68. The first-order chi connectivity index (χ1) is 15.8. The highest BCUT2D eigenvalue weighted by Crippen LogP contribution is 2.18. The number of piperidine rings is 1. The lowest BCUT2D eigenvalue weighted by molar-refractivity contribution is 0.0394. The summed E-state index contributed by atoms with van der Waals surface area (Å²) in [6.07, 6.45) is 4.70. The Bertz CT molecular complexity index is 833. The molecule has 2 saturated heterocycles. The van der Waals surface area contributed by atoms with Crippen LogP contribution in [-0.4, -0.2) is 80.9 Å². The molecule has 0 amide bonds. The fourth-order valence-electron chi connectivity index (χ4n) is 4.19. The third-order valence-electron chi connectivity index (χ3n) is 6.07. The van der Waals surface area contributed by atoms with Crippen molar-refractivity contribution in [1.29, 1.82) is 0 Å². The molecule has 0 radical (unpaired) electrons. The molecule has 2 aromatic heterocycles. The van der Waals surface area contributed by atoms with E-state index in [1.165, 1.54) is 0 Å². The minimum Gasteiger partial charge on any atom is -0.469 e. The number of ether oxygens (including phenoxy) is 1. The number of hydrogen-bond donors (Lipinski definition) is 2. The minimum absolute atomic E-state index is 0. The summed E-state index contributed by atoms with van der Waals surface area (Å²) < 4.78 is 10.9. The molecule has 4 rings (SSSR count). The summed E-state index contributed by atoms with van der Waals surface area (Å²) in [4.78, 5) is 14.4. The van der Waals surface area contributed by atoms with Crippen molar-refractivity contribution in [3.63, 3.8) is 0 Å². The second-order valence-electron chi connectivity index (χ2n) is 8.48. The number of aromatic nitrogens is 1. The average Bonchev–Trinajstić information content (AvgIpc) is 3.34. The monoisotopic (exact) mass is 568 g/mol. The van der Waals surface area contributed by atoms with E-state index in [9.17, 15) is 0 Å². The molecule has 0 spiro atoms. The van der Waals surface area contributed by atoms with Gasteiger partial charge in [-0.25, -0.2) is 4.98 Å². The number of hydrogen-bond acceptors (Lipinski definition) is 6. The number of nitrogens with zero attached hydrogens (tertiary/aromatic N) is 4. The zero-order valence-electron chi connectivity index (χ0n) is 19.5. The number of aliphatic imine (C=N–C) groups is 1. The molecule has 2 aliphatic rings. The first kappa shape index (κ1) is 25.8. The second-order valence-corrected chi connectivity index (χ2v) is 8.48. The topological polar surface area (TPSA) is 78.2 Å². The Morgan fingerprint density at radius 1 is 1.12 bits per heavy atom. The standard InChI is InChI=1S/C24H36N6O2.HI/c1-20-4-2-6-23(27-20)30-12-8-21(9-13-30)28-24(25-10-7-22-5-3-17-32-22)26-11-14-29-15-18-31-19-16-29;/h2-6,17,21H,7-16,18-19H2,1H3,(H2,25,26,28);1H. The van der Waals surface area contributed by atoms with E-state index in [0.29, 0.717) is 6.04 Å². The van der Waals surface area contributed by atoms with E-state index in [1.807, 2.05) is 25.1 Å². The molecular weight excluding hydrogens is 531 g/mol. The first-order valence-electron chi connectivity index (χ1n) is 11.8. The molecule has 2 N–H and O–H groups in total. The molecule has 0 aromatic carbocycles. The number of guanidine groups is 1. The molecule has 2 fully saturated rings. The van der Waals surface area contributed by atoms with Gasteiger partial charge < -0.3 is 24.7 Å². The van der Waals surface area contributed by atoms with Gasteiger partial charge in [0, 0.05) is 57.4 Å². The Hall–Kier alpha value is -1.85. The van der Waals surface area contributed by atoms with Crippen molar-refractivity contribution in [2.45, 2.75) is 32.2 Å². The molecule has 0 saturated carbocycles. The van der Waals surface area contributed by atoms with Crippen molar-refractivity contribution in [2.75, 3.05) is 63.9 Å². The van der Waals surface area contributed by atoms with Crippen LogP contribution in [0.3, 0.4) is 0 Å². The zero-order chi connectivity index (χ0) is 22.0. The highest BCUT2D eigenvalue weighted by atomic mass is 127.